The lowest BCUT2D eigenvalue weighted by atomic mass is 9.97. The van der Waals surface area contributed by atoms with Crippen molar-refractivity contribution >= 4 is 17.7 Å². The van der Waals surface area contributed by atoms with Crippen LogP contribution >= 0.6 is 0 Å². The Morgan fingerprint density at radius 1 is 1.26 bits per heavy atom. The second-order valence-corrected chi connectivity index (χ2v) is 4.23. The molecular formula is C15H14F2O6. The maximum Gasteiger partial charge on any atom is 0.372 e. The monoisotopic (exact) mass is 328 g/mol. The van der Waals surface area contributed by atoms with Crippen molar-refractivity contribution in [2.75, 3.05) is 13.2 Å². The molecule has 0 bridgehead atoms. The van der Waals surface area contributed by atoms with Crippen LogP contribution in [0.15, 0.2) is 23.8 Å². The number of aliphatic hydroxyl groups is 1. The summed E-state index contributed by atoms with van der Waals surface area (Å²) < 4.78 is 35.9. The number of Topliss-reactive ketones (excluding diaryl/α,β-unsaturated/α-hetero) is 1. The molecule has 0 aliphatic heterocycles. The van der Waals surface area contributed by atoms with Gasteiger partial charge in [0.15, 0.2) is 5.57 Å². The molecule has 8 heteroatoms. The molecule has 0 aliphatic rings. The fourth-order valence-electron chi connectivity index (χ4n) is 1.75. The Balaban J connectivity index is 3.35. The second-order valence-electron chi connectivity index (χ2n) is 4.23. The van der Waals surface area contributed by atoms with Crippen LogP contribution in [-0.4, -0.2) is 41.8 Å². The lowest BCUT2D eigenvalue weighted by molar-refractivity contribution is -0.210. The number of esters is 1. The topological polar surface area (TPSA) is 89.9 Å². The van der Waals surface area contributed by atoms with E-state index in [-0.39, 0.29) is 13.2 Å². The molecule has 0 aromatic heterocycles. The van der Waals surface area contributed by atoms with E-state index in [1.54, 1.807) is 0 Å². The Morgan fingerprint density at radius 2 is 1.91 bits per heavy atom. The van der Waals surface area contributed by atoms with Gasteiger partial charge in [-0.2, -0.15) is 0 Å². The summed E-state index contributed by atoms with van der Waals surface area (Å²) in [5, 5.41) is 10.2. The number of benzene rings is 1. The summed E-state index contributed by atoms with van der Waals surface area (Å²) in [6.45, 7) is 2.38. The van der Waals surface area contributed by atoms with Crippen molar-refractivity contribution in [2.24, 2.45) is 0 Å². The Morgan fingerprint density at radius 3 is 2.39 bits per heavy atom. The molecule has 0 amide bonds. The molecule has 1 aromatic rings. The van der Waals surface area contributed by atoms with Gasteiger partial charge in [-0.05, 0) is 26.0 Å². The zero-order chi connectivity index (χ0) is 17.6. The molecule has 0 aliphatic carbocycles. The minimum absolute atomic E-state index is 0.167. The van der Waals surface area contributed by atoms with Gasteiger partial charge in [-0.3, -0.25) is 4.79 Å². The molecule has 124 valence electrons. The molecule has 1 aromatic carbocycles. The van der Waals surface area contributed by atoms with Crippen LogP contribution in [-0.2, 0) is 19.1 Å². The summed E-state index contributed by atoms with van der Waals surface area (Å²) in [4.78, 5) is 35.2. The van der Waals surface area contributed by atoms with Gasteiger partial charge in [-0.15, -0.1) is 0 Å². The molecule has 6 nitrogen and oxygen atoms in total. The predicted octanol–water partition coefficient (Wildman–Crippen LogP) is 1.19. The highest BCUT2D eigenvalue weighted by molar-refractivity contribution is 6.17. The summed E-state index contributed by atoms with van der Waals surface area (Å²) >= 11 is 0. The first-order chi connectivity index (χ1) is 10.8. The lowest BCUT2D eigenvalue weighted by Gasteiger charge is -2.25. The first-order valence-electron chi connectivity index (χ1n) is 6.60. The van der Waals surface area contributed by atoms with Crippen molar-refractivity contribution < 1.29 is 37.7 Å². The molecule has 1 rings (SSSR count). The third kappa shape index (κ3) is 3.87. The van der Waals surface area contributed by atoms with E-state index in [0.29, 0.717) is 6.07 Å². The van der Waals surface area contributed by atoms with Gasteiger partial charge in [0.25, 0.3) is 0 Å². The fraction of sp³-hybridized carbons (Fsp3) is 0.333. The molecule has 23 heavy (non-hydrogen) atoms. The van der Waals surface area contributed by atoms with E-state index < -0.39 is 40.3 Å². The molecular weight excluding hydrogens is 314 g/mol. The maximum absolute atomic E-state index is 13.7. The van der Waals surface area contributed by atoms with Crippen molar-refractivity contribution in [3.05, 3.63) is 41.0 Å². The van der Waals surface area contributed by atoms with Crippen molar-refractivity contribution in [1.82, 2.24) is 0 Å². The van der Waals surface area contributed by atoms with E-state index in [1.165, 1.54) is 13.8 Å². The van der Waals surface area contributed by atoms with Crippen LogP contribution in [0.25, 0.3) is 0 Å². The third-order valence-corrected chi connectivity index (χ3v) is 2.75. The number of hydrogen-bond donors (Lipinski definition) is 1. The molecule has 0 saturated heterocycles. The highest BCUT2D eigenvalue weighted by Gasteiger charge is 2.48. The summed E-state index contributed by atoms with van der Waals surface area (Å²) in [7, 11) is 0. The molecule has 0 spiro atoms. The zero-order valence-electron chi connectivity index (χ0n) is 12.4. The normalized spacial score (nSPS) is 12.9. The van der Waals surface area contributed by atoms with Crippen molar-refractivity contribution in [3.8, 4) is 0 Å². The van der Waals surface area contributed by atoms with Crippen LogP contribution in [0.4, 0.5) is 8.78 Å². The number of rotatable bonds is 7. The van der Waals surface area contributed by atoms with Crippen molar-refractivity contribution in [1.29, 1.82) is 0 Å². The van der Waals surface area contributed by atoms with Gasteiger partial charge in [0, 0.05) is 12.7 Å². The van der Waals surface area contributed by atoms with Crippen molar-refractivity contribution in [2.45, 2.75) is 19.6 Å². The van der Waals surface area contributed by atoms with E-state index in [4.69, 9.17) is 4.74 Å². The van der Waals surface area contributed by atoms with E-state index in [2.05, 4.69) is 4.74 Å². The third-order valence-electron chi connectivity index (χ3n) is 2.75. The summed E-state index contributed by atoms with van der Waals surface area (Å²) in [6, 6.07) is 1.96. The van der Waals surface area contributed by atoms with Crippen LogP contribution in [0.2, 0.25) is 0 Å². The maximum atomic E-state index is 13.7. The Kier molecular flexibility index (Phi) is 6.27. The highest BCUT2D eigenvalue weighted by Crippen LogP contribution is 2.24. The Hall–Kier alpha value is -2.41. The lowest BCUT2D eigenvalue weighted by Crippen LogP contribution is -2.47. The highest BCUT2D eigenvalue weighted by atomic mass is 19.1. The summed E-state index contributed by atoms with van der Waals surface area (Å²) in [6.07, 6.45) is 0. The molecule has 1 atom stereocenters. The summed E-state index contributed by atoms with van der Waals surface area (Å²) in [5.41, 5.74) is -1.92. The van der Waals surface area contributed by atoms with Gasteiger partial charge in [-0.25, -0.2) is 18.4 Å². The van der Waals surface area contributed by atoms with Crippen LogP contribution in [0.5, 0.6) is 0 Å². The number of ketones is 1. The first kappa shape index (κ1) is 18.6. The summed E-state index contributed by atoms with van der Waals surface area (Å²) in [5.74, 6) is -6.96. The molecule has 0 saturated carbocycles. The minimum atomic E-state index is -3.04. The fourth-order valence-corrected chi connectivity index (χ4v) is 1.75. The van der Waals surface area contributed by atoms with Gasteiger partial charge >= 0.3 is 11.8 Å². The smallest absolute Gasteiger partial charge is 0.372 e. The number of carbonyl (C=O) groups is 2. The predicted molar refractivity (Wildman–Crippen MR) is 73.1 cm³/mol. The average Bonchev–Trinajstić information content (AvgIpc) is 2.48. The van der Waals surface area contributed by atoms with E-state index >= 15 is 0 Å². The Labute approximate surface area is 130 Å². The van der Waals surface area contributed by atoms with Crippen LogP contribution in [0.3, 0.4) is 0 Å². The number of ether oxygens (including phenoxy) is 2. The first-order valence-corrected chi connectivity index (χ1v) is 6.60. The molecule has 1 unspecified atom stereocenters. The number of halogens is 2. The van der Waals surface area contributed by atoms with Gasteiger partial charge in [0.1, 0.15) is 17.6 Å². The molecule has 0 radical (unpaired) electrons. The van der Waals surface area contributed by atoms with Crippen LogP contribution in [0, 0.1) is 11.6 Å². The minimum Gasteiger partial charge on any atom is -0.462 e. The number of hydrogen-bond acceptors (Lipinski definition) is 6. The molecule has 0 fully saturated rings. The number of carbonyl (C=O) groups excluding carboxylic acids is 3. The van der Waals surface area contributed by atoms with Crippen LogP contribution < -0.4 is 0 Å². The quantitative estimate of drug-likeness (QED) is 0.266. The van der Waals surface area contributed by atoms with Gasteiger partial charge in [-0.1, -0.05) is 0 Å². The zero-order valence-corrected chi connectivity index (χ0v) is 12.4. The second kappa shape index (κ2) is 7.73. The molecule has 0 heterocycles. The standard InChI is InChI=1S/C15H14F2O6/c1-3-22-14(20)15(21,23-4-2)11(8-18)13(19)10-6-5-9(16)7-12(10)17/h5-7,21H,3-4H2,1-2H3. The van der Waals surface area contributed by atoms with E-state index in [1.807, 2.05) is 0 Å². The van der Waals surface area contributed by atoms with Gasteiger partial charge < -0.3 is 14.6 Å². The van der Waals surface area contributed by atoms with E-state index in [0.717, 1.165) is 18.1 Å². The molecule has 1 N–H and O–H groups in total. The average molecular weight is 328 g/mol. The van der Waals surface area contributed by atoms with Crippen LogP contribution in [0.1, 0.15) is 24.2 Å². The van der Waals surface area contributed by atoms with E-state index in [9.17, 15) is 28.3 Å². The van der Waals surface area contributed by atoms with Gasteiger partial charge in [0.2, 0.25) is 5.78 Å². The largest absolute Gasteiger partial charge is 0.462 e. The SMILES string of the molecule is CCOC(=O)C(O)(OCC)C(=C=O)C(=O)c1ccc(F)cc1F. The van der Waals surface area contributed by atoms with Crippen molar-refractivity contribution in [3.63, 3.8) is 0 Å². The van der Waals surface area contributed by atoms with Gasteiger partial charge in [0.05, 0.1) is 12.2 Å². The Bertz CT molecular complexity index is 666.